The Balaban J connectivity index is 1.62. The molecule has 176 valence electrons. The first kappa shape index (κ1) is 23.4. The SMILES string of the molecule is O=C(OCC1OC(n2ccc(=O)[nH]c2=O)C(F)(Cl)C1OC(=O)c1ccccc1)c1ccccc1. The van der Waals surface area contributed by atoms with Gasteiger partial charge in [-0.2, -0.15) is 0 Å². The second kappa shape index (κ2) is 9.62. The quantitative estimate of drug-likeness (QED) is 0.418. The zero-order chi connectivity index (χ0) is 24.3. The van der Waals surface area contributed by atoms with Crippen LogP contribution in [0.4, 0.5) is 4.39 Å². The van der Waals surface area contributed by atoms with Gasteiger partial charge in [-0.05, 0) is 24.3 Å². The Morgan fingerprint density at radius 1 is 1.00 bits per heavy atom. The number of benzene rings is 2. The molecule has 1 aromatic heterocycles. The number of carbonyl (C=O) groups is 2. The van der Waals surface area contributed by atoms with E-state index in [0.717, 1.165) is 16.8 Å². The first-order valence-corrected chi connectivity index (χ1v) is 10.5. The number of hydrogen-bond donors (Lipinski definition) is 1. The van der Waals surface area contributed by atoms with Crippen molar-refractivity contribution in [2.24, 2.45) is 0 Å². The number of halogens is 2. The summed E-state index contributed by atoms with van der Waals surface area (Å²) in [7, 11) is 0. The van der Waals surface area contributed by atoms with Crippen LogP contribution >= 0.6 is 11.6 Å². The normalized spacial score (nSPS) is 23.9. The Kier molecular flexibility index (Phi) is 6.62. The van der Waals surface area contributed by atoms with E-state index in [1.165, 1.54) is 24.3 Å². The fraction of sp³-hybridized carbons (Fsp3) is 0.217. The first-order valence-electron chi connectivity index (χ1n) is 10.1. The van der Waals surface area contributed by atoms with Gasteiger partial charge in [0.1, 0.15) is 12.7 Å². The maximum Gasteiger partial charge on any atom is 0.338 e. The minimum atomic E-state index is -2.95. The number of aromatic amines is 1. The molecule has 11 heteroatoms. The number of nitrogens with one attached hydrogen (secondary N) is 1. The van der Waals surface area contributed by atoms with E-state index in [0.29, 0.717) is 0 Å². The maximum absolute atomic E-state index is 15.9. The molecule has 2 heterocycles. The molecule has 1 saturated heterocycles. The standard InChI is InChI=1S/C23H18ClFN2O7/c24-23(25)18(34-20(30)15-9-5-2-6-10-15)16(13-32-19(29)14-7-3-1-4-8-14)33-21(23)27-12-11-17(28)26-22(27)31/h1-12,16,18,21H,13H2,(H,26,28,31). The number of hydrogen-bond acceptors (Lipinski definition) is 7. The molecule has 1 N–H and O–H groups in total. The van der Waals surface area contributed by atoms with Gasteiger partial charge in [-0.1, -0.05) is 48.0 Å². The molecule has 34 heavy (non-hydrogen) atoms. The molecule has 1 aliphatic rings. The van der Waals surface area contributed by atoms with E-state index in [1.54, 1.807) is 36.4 Å². The summed E-state index contributed by atoms with van der Waals surface area (Å²) >= 11 is 6.14. The molecular weight excluding hydrogens is 471 g/mol. The van der Waals surface area contributed by atoms with Crippen LogP contribution in [-0.4, -0.2) is 45.4 Å². The fourth-order valence-electron chi connectivity index (χ4n) is 3.43. The summed E-state index contributed by atoms with van der Waals surface area (Å²) in [6, 6.07) is 16.8. The molecule has 1 aliphatic heterocycles. The number of esters is 2. The van der Waals surface area contributed by atoms with E-state index < -0.39 is 53.4 Å². The summed E-state index contributed by atoms with van der Waals surface area (Å²) in [5.41, 5.74) is -1.34. The maximum atomic E-state index is 15.9. The van der Waals surface area contributed by atoms with Crippen molar-refractivity contribution in [3.05, 3.63) is 105 Å². The van der Waals surface area contributed by atoms with Crippen molar-refractivity contribution >= 4 is 23.5 Å². The highest BCUT2D eigenvalue weighted by molar-refractivity contribution is 6.23. The lowest BCUT2D eigenvalue weighted by atomic mass is 10.1. The van der Waals surface area contributed by atoms with E-state index in [1.807, 2.05) is 4.98 Å². The molecule has 9 nitrogen and oxygen atoms in total. The monoisotopic (exact) mass is 488 g/mol. The predicted molar refractivity (Wildman–Crippen MR) is 117 cm³/mol. The van der Waals surface area contributed by atoms with Gasteiger partial charge in [0.25, 0.3) is 10.7 Å². The van der Waals surface area contributed by atoms with Crippen LogP contribution in [0.15, 0.2) is 82.5 Å². The van der Waals surface area contributed by atoms with Crippen molar-refractivity contribution in [3.63, 3.8) is 0 Å². The average molecular weight is 489 g/mol. The lowest BCUT2D eigenvalue weighted by Gasteiger charge is -2.25. The molecule has 0 bridgehead atoms. The lowest BCUT2D eigenvalue weighted by molar-refractivity contribution is -0.0601. The van der Waals surface area contributed by atoms with E-state index in [9.17, 15) is 19.2 Å². The van der Waals surface area contributed by atoms with Crippen LogP contribution < -0.4 is 11.2 Å². The number of carbonyl (C=O) groups excluding carboxylic acids is 2. The van der Waals surface area contributed by atoms with Gasteiger partial charge in [0.15, 0.2) is 12.3 Å². The topological polar surface area (TPSA) is 117 Å². The van der Waals surface area contributed by atoms with Gasteiger partial charge in [-0.25, -0.2) is 18.8 Å². The van der Waals surface area contributed by atoms with E-state index in [4.69, 9.17) is 25.8 Å². The number of alkyl halides is 2. The van der Waals surface area contributed by atoms with Crippen molar-refractivity contribution in [1.82, 2.24) is 9.55 Å². The smallest absolute Gasteiger partial charge is 0.338 e. The predicted octanol–water partition coefficient (Wildman–Crippen LogP) is 2.42. The summed E-state index contributed by atoms with van der Waals surface area (Å²) in [4.78, 5) is 50.6. The lowest BCUT2D eigenvalue weighted by Crippen LogP contribution is -2.44. The molecule has 4 unspecified atom stereocenters. The molecule has 0 radical (unpaired) electrons. The van der Waals surface area contributed by atoms with Gasteiger partial charge < -0.3 is 14.2 Å². The van der Waals surface area contributed by atoms with Gasteiger partial charge in [0, 0.05) is 12.3 Å². The van der Waals surface area contributed by atoms with Crippen LogP contribution in [0.25, 0.3) is 0 Å². The van der Waals surface area contributed by atoms with Crippen molar-refractivity contribution in [3.8, 4) is 0 Å². The largest absolute Gasteiger partial charge is 0.459 e. The van der Waals surface area contributed by atoms with Gasteiger partial charge in [-0.3, -0.25) is 14.3 Å². The Labute approximate surface area is 196 Å². The molecule has 3 aromatic rings. The van der Waals surface area contributed by atoms with Gasteiger partial charge >= 0.3 is 17.6 Å². The molecule has 0 amide bonds. The second-order valence-corrected chi connectivity index (χ2v) is 7.95. The third-order valence-electron chi connectivity index (χ3n) is 5.09. The molecule has 0 spiro atoms. The molecule has 1 fully saturated rings. The number of nitrogens with zero attached hydrogens (tertiary/aromatic N) is 1. The van der Waals surface area contributed by atoms with Crippen molar-refractivity contribution < 1.29 is 28.2 Å². The first-order chi connectivity index (χ1) is 16.3. The summed E-state index contributed by atoms with van der Waals surface area (Å²) < 4.78 is 32.7. The number of aromatic nitrogens is 2. The van der Waals surface area contributed by atoms with Crippen molar-refractivity contribution in [2.75, 3.05) is 6.61 Å². The van der Waals surface area contributed by atoms with Crippen LogP contribution in [0.2, 0.25) is 0 Å². The van der Waals surface area contributed by atoms with Gasteiger partial charge in [0.2, 0.25) is 0 Å². The Morgan fingerprint density at radius 2 is 1.59 bits per heavy atom. The molecule has 0 saturated carbocycles. The summed E-state index contributed by atoms with van der Waals surface area (Å²) in [5.74, 6) is -1.62. The Morgan fingerprint density at radius 3 is 2.18 bits per heavy atom. The van der Waals surface area contributed by atoms with Crippen LogP contribution in [-0.2, 0) is 14.2 Å². The average Bonchev–Trinajstić information content (AvgIpc) is 3.08. The second-order valence-electron chi connectivity index (χ2n) is 7.38. The minimum Gasteiger partial charge on any atom is -0.459 e. The fourth-order valence-corrected chi connectivity index (χ4v) is 3.77. The molecule has 0 aliphatic carbocycles. The van der Waals surface area contributed by atoms with Crippen LogP contribution in [0, 0.1) is 0 Å². The molecule has 4 rings (SSSR count). The number of H-pyrrole nitrogens is 1. The minimum absolute atomic E-state index is 0.125. The molecule has 2 aromatic carbocycles. The van der Waals surface area contributed by atoms with Crippen LogP contribution in [0.1, 0.15) is 26.9 Å². The van der Waals surface area contributed by atoms with Crippen LogP contribution in [0.5, 0.6) is 0 Å². The highest BCUT2D eigenvalue weighted by Crippen LogP contribution is 2.46. The highest BCUT2D eigenvalue weighted by Gasteiger charge is 2.61. The van der Waals surface area contributed by atoms with Crippen LogP contribution in [0.3, 0.4) is 0 Å². The van der Waals surface area contributed by atoms with E-state index in [2.05, 4.69) is 0 Å². The molecular formula is C23H18ClFN2O7. The van der Waals surface area contributed by atoms with E-state index >= 15 is 4.39 Å². The van der Waals surface area contributed by atoms with Crippen molar-refractivity contribution in [2.45, 2.75) is 23.6 Å². The van der Waals surface area contributed by atoms with Gasteiger partial charge in [-0.15, -0.1) is 0 Å². The zero-order valence-electron chi connectivity index (χ0n) is 17.4. The zero-order valence-corrected chi connectivity index (χ0v) is 18.2. The number of rotatable bonds is 6. The third kappa shape index (κ3) is 4.78. The summed E-state index contributed by atoms with van der Waals surface area (Å²) in [5, 5.41) is -2.95. The molecule has 4 atom stereocenters. The van der Waals surface area contributed by atoms with E-state index in [-0.39, 0.29) is 11.1 Å². The summed E-state index contributed by atoms with van der Waals surface area (Å²) in [6.07, 6.45) is -3.94. The summed E-state index contributed by atoms with van der Waals surface area (Å²) in [6.45, 7) is -0.534. The Hall–Kier alpha value is -3.76. The van der Waals surface area contributed by atoms with Crippen molar-refractivity contribution in [1.29, 1.82) is 0 Å². The van der Waals surface area contributed by atoms with Gasteiger partial charge in [0.05, 0.1) is 11.1 Å². The Bertz CT molecular complexity index is 1290. The number of ether oxygens (including phenoxy) is 3. The highest BCUT2D eigenvalue weighted by atomic mass is 35.5. The third-order valence-corrected chi connectivity index (χ3v) is 5.49.